The van der Waals surface area contributed by atoms with Gasteiger partial charge in [-0.05, 0) is 36.9 Å². The van der Waals surface area contributed by atoms with Gasteiger partial charge >= 0.3 is 0 Å². The van der Waals surface area contributed by atoms with Gasteiger partial charge in [-0.3, -0.25) is 19.9 Å². The summed E-state index contributed by atoms with van der Waals surface area (Å²) < 4.78 is 0. The number of nitrogens with zero attached hydrogens (tertiary/aromatic N) is 1. The fraction of sp³-hybridized carbons (Fsp3) is 0.300. The number of anilines is 1. The lowest BCUT2D eigenvalue weighted by molar-refractivity contribution is -0.117. The first kappa shape index (κ1) is 19.0. The molecule has 3 rings (SSSR count). The summed E-state index contributed by atoms with van der Waals surface area (Å²) in [6.07, 6.45) is 0. The smallest absolute Gasteiger partial charge is 0.248 e. The van der Waals surface area contributed by atoms with Crippen molar-refractivity contribution in [3.8, 4) is 0 Å². The van der Waals surface area contributed by atoms with Crippen molar-refractivity contribution in [1.82, 2.24) is 15.8 Å². The Bertz CT molecular complexity index is 779. The van der Waals surface area contributed by atoms with Crippen LogP contribution >= 0.6 is 0 Å². The van der Waals surface area contributed by atoms with E-state index in [1.54, 1.807) is 24.3 Å². The van der Waals surface area contributed by atoms with Crippen LogP contribution in [0.5, 0.6) is 0 Å². The van der Waals surface area contributed by atoms with E-state index in [4.69, 9.17) is 5.73 Å². The van der Waals surface area contributed by atoms with E-state index >= 15 is 0 Å². The summed E-state index contributed by atoms with van der Waals surface area (Å²) in [7, 11) is 1.94. The predicted molar refractivity (Wildman–Crippen MR) is 105 cm³/mol. The van der Waals surface area contributed by atoms with Crippen molar-refractivity contribution >= 4 is 17.5 Å². The van der Waals surface area contributed by atoms with E-state index in [0.29, 0.717) is 17.2 Å². The fourth-order valence-electron chi connectivity index (χ4n) is 3.35. The molecule has 7 nitrogen and oxygen atoms in total. The molecule has 7 heteroatoms. The number of carbonyl (C=O) groups is 2. The van der Waals surface area contributed by atoms with Gasteiger partial charge in [0.1, 0.15) is 0 Å². The van der Waals surface area contributed by atoms with E-state index in [1.807, 2.05) is 30.1 Å². The third-order valence-corrected chi connectivity index (χ3v) is 4.66. The maximum atomic E-state index is 12.3. The minimum absolute atomic E-state index is 0.0977. The summed E-state index contributed by atoms with van der Waals surface area (Å²) in [6, 6.07) is 17.1. The van der Waals surface area contributed by atoms with E-state index in [1.165, 1.54) is 5.56 Å². The standard InChI is InChI=1S/C20H25N5O2/c1-25(12-16-11-22-24-19(16)14-5-3-2-4-6-14)13-18(26)23-17-9-7-15(8-10-17)20(21)27/h2-10,16,19,22,24H,11-13H2,1H3,(H2,21,27)(H,23,26). The Morgan fingerprint density at radius 1 is 1.15 bits per heavy atom. The SMILES string of the molecule is CN(CC(=O)Nc1ccc(C(N)=O)cc1)CC1CNNC1c1ccccc1. The lowest BCUT2D eigenvalue weighted by Gasteiger charge is -2.24. The number of nitrogens with one attached hydrogen (secondary N) is 3. The molecule has 2 aromatic carbocycles. The molecule has 1 saturated heterocycles. The van der Waals surface area contributed by atoms with Gasteiger partial charge in [-0.25, -0.2) is 5.43 Å². The zero-order chi connectivity index (χ0) is 19.2. The molecule has 1 aliphatic heterocycles. The average molecular weight is 367 g/mol. The topological polar surface area (TPSA) is 99.5 Å². The Morgan fingerprint density at radius 3 is 2.52 bits per heavy atom. The van der Waals surface area contributed by atoms with Crippen LogP contribution in [0.25, 0.3) is 0 Å². The predicted octanol–water partition coefficient (Wildman–Crippen LogP) is 1.12. The maximum Gasteiger partial charge on any atom is 0.248 e. The van der Waals surface area contributed by atoms with Crippen LogP contribution < -0.4 is 21.9 Å². The molecule has 2 amide bonds. The number of likely N-dealkylation sites (N-methyl/N-ethyl adjacent to an activating group) is 1. The molecule has 0 radical (unpaired) electrons. The number of hydrazine groups is 1. The monoisotopic (exact) mass is 367 g/mol. The van der Waals surface area contributed by atoms with Gasteiger partial charge in [0.25, 0.3) is 0 Å². The first-order chi connectivity index (χ1) is 13.0. The molecule has 0 aliphatic carbocycles. The van der Waals surface area contributed by atoms with Crippen molar-refractivity contribution in [2.24, 2.45) is 11.7 Å². The molecule has 1 fully saturated rings. The molecule has 5 N–H and O–H groups in total. The summed E-state index contributed by atoms with van der Waals surface area (Å²) in [5.74, 6) is -0.223. The molecule has 27 heavy (non-hydrogen) atoms. The van der Waals surface area contributed by atoms with Gasteiger partial charge in [-0.2, -0.15) is 0 Å². The molecule has 0 saturated carbocycles. The lowest BCUT2D eigenvalue weighted by atomic mass is 9.94. The minimum atomic E-state index is -0.487. The van der Waals surface area contributed by atoms with Gasteiger partial charge in [-0.1, -0.05) is 30.3 Å². The van der Waals surface area contributed by atoms with Crippen LogP contribution in [-0.2, 0) is 4.79 Å². The Balaban J connectivity index is 1.51. The number of hydrogen-bond donors (Lipinski definition) is 4. The maximum absolute atomic E-state index is 12.3. The quantitative estimate of drug-likeness (QED) is 0.588. The van der Waals surface area contributed by atoms with Gasteiger partial charge in [0.05, 0.1) is 12.6 Å². The number of primary amides is 1. The molecule has 2 unspecified atom stereocenters. The summed E-state index contributed by atoms with van der Waals surface area (Å²) in [5, 5.41) is 2.84. The minimum Gasteiger partial charge on any atom is -0.366 e. The van der Waals surface area contributed by atoms with E-state index in [-0.39, 0.29) is 18.5 Å². The van der Waals surface area contributed by atoms with E-state index in [0.717, 1.165) is 13.1 Å². The normalized spacial score (nSPS) is 19.2. The number of benzene rings is 2. The van der Waals surface area contributed by atoms with Crippen LogP contribution in [0.3, 0.4) is 0 Å². The Morgan fingerprint density at radius 2 is 1.85 bits per heavy atom. The summed E-state index contributed by atoms with van der Waals surface area (Å²) in [4.78, 5) is 25.4. The number of hydrogen-bond acceptors (Lipinski definition) is 5. The third kappa shape index (κ3) is 5.13. The van der Waals surface area contributed by atoms with Gasteiger partial charge in [0.15, 0.2) is 0 Å². The van der Waals surface area contributed by atoms with Crippen LogP contribution in [0.4, 0.5) is 5.69 Å². The van der Waals surface area contributed by atoms with E-state index < -0.39 is 5.91 Å². The second-order valence-corrected chi connectivity index (χ2v) is 6.86. The lowest BCUT2D eigenvalue weighted by Crippen LogP contribution is -2.35. The first-order valence-corrected chi connectivity index (χ1v) is 8.94. The zero-order valence-electron chi connectivity index (χ0n) is 15.3. The first-order valence-electron chi connectivity index (χ1n) is 8.94. The summed E-state index contributed by atoms with van der Waals surface area (Å²) >= 11 is 0. The van der Waals surface area contributed by atoms with Crippen molar-refractivity contribution in [2.75, 3.05) is 32.0 Å². The van der Waals surface area contributed by atoms with Crippen LogP contribution in [0.15, 0.2) is 54.6 Å². The van der Waals surface area contributed by atoms with Crippen LogP contribution in [0.2, 0.25) is 0 Å². The molecular formula is C20H25N5O2. The zero-order valence-corrected chi connectivity index (χ0v) is 15.3. The number of rotatable bonds is 7. The van der Waals surface area contributed by atoms with Crippen molar-refractivity contribution in [3.05, 3.63) is 65.7 Å². The number of amides is 2. The van der Waals surface area contributed by atoms with Crippen molar-refractivity contribution in [1.29, 1.82) is 0 Å². The molecule has 1 heterocycles. The number of carbonyl (C=O) groups excluding carboxylic acids is 2. The average Bonchev–Trinajstić information content (AvgIpc) is 3.10. The largest absolute Gasteiger partial charge is 0.366 e. The molecular weight excluding hydrogens is 342 g/mol. The Hall–Kier alpha value is -2.74. The van der Waals surface area contributed by atoms with Gasteiger partial charge in [-0.15, -0.1) is 0 Å². The van der Waals surface area contributed by atoms with Gasteiger partial charge in [0, 0.05) is 30.3 Å². The second-order valence-electron chi connectivity index (χ2n) is 6.86. The highest BCUT2D eigenvalue weighted by Gasteiger charge is 2.29. The van der Waals surface area contributed by atoms with Crippen molar-refractivity contribution < 1.29 is 9.59 Å². The fourth-order valence-corrected chi connectivity index (χ4v) is 3.35. The van der Waals surface area contributed by atoms with Crippen LogP contribution in [-0.4, -0.2) is 43.4 Å². The number of nitrogens with two attached hydrogens (primary N) is 1. The molecule has 142 valence electrons. The summed E-state index contributed by atoms with van der Waals surface area (Å²) in [6.45, 7) is 1.92. The summed E-state index contributed by atoms with van der Waals surface area (Å²) in [5.41, 5.74) is 14.1. The van der Waals surface area contributed by atoms with Crippen LogP contribution in [0, 0.1) is 5.92 Å². The Kier molecular flexibility index (Phi) is 6.18. The molecule has 0 aromatic heterocycles. The Labute approximate surface area is 158 Å². The van der Waals surface area contributed by atoms with Crippen LogP contribution in [0.1, 0.15) is 22.0 Å². The molecule has 0 spiro atoms. The van der Waals surface area contributed by atoms with Crippen molar-refractivity contribution in [2.45, 2.75) is 6.04 Å². The third-order valence-electron chi connectivity index (χ3n) is 4.66. The molecule has 0 bridgehead atoms. The molecule has 1 aliphatic rings. The highest BCUT2D eigenvalue weighted by Crippen LogP contribution is 2.25. The second kappa shape index (κ2) is 8.77. The highest BCUT2D eigenvalue weighted by atomic mass is 16.2. The molecule has 2 aromatic rings. The van der Waals surface area contributed by atoms with Crippen molar-refractivity contribution in [3.63, 3.8) is 0 Å². The van der Waals surface area contributed by atoms with Gasteiger partial charge in [0.2, 0.25) is 11.8 Å². The van der Waals surface area contributed by atoms with E-state index in [9.17, 15) is 9.59 Å². The molecule has 2 atom stereocenters. The van der Waals surface area contributed by atoms with E-state index in [2.05, 4.69) is 28.3 Å². The van der Waals surface area contributed by atoms with Gasteiger partial charge < -0.3 is 11.1 Å². The highest BCUT2D eigenvalue weighted by molar-refractivity contribution is 5.95.